The topological polar surface area (TPSA) is 35.2 Å². The maximum atomic E-state index is 13.7. The summed E-state index contributed by atoms with van der Waals surface area (Å²) in [5.74, 6) is 0.353. The van der Waals surface area contributed by atoms with E-state index >= 15 is 0 Å². The number of nitrogen functional groups attached to an aromatic ring is 1. The van der Waals surface area contributed by atoms with Gasteiger partial charge in [0.2, 0.25) is 0 Å². The lowest BCUT2D eigenvalue weighted by atomic mass is 10.2. The molecule has 0 fully saturated rings. The molecular weight excluding hydrogens is 249 g/mol. The fourth-order valence-corrected chi connectivity index (χ4v) is 2.15. The van der Waals surface area contributed by atoms with Crippen molar-refractivity contribution in [3.8, 4) is 5.75 Å². The molecule has 0 spiro atoms. The Balaban J connectivity index is 2.14. The highest BCUT2D eigenvalue weighted by Crippen LogP contribution is 2.28. The van der Waals surface area contributed by atoms with E-state index in [1.54, 1.807) is 23.9 Å². The first-order chi connectivity index (χ1) is 8.72. The van der Waals surface area contributed by atoms with E-state index in [1.807, 2.05) is 30.5 Å². The zero-order valence-corrected chi connectivity index (χ0v) is 10.8. The first kappa shape index (κ1) is 12.8. The van der Waals surface area contributed by atoms with E-state index in [-0.39, 0.29) is 12.3 Å². The van der Waals surface area contributed by atoms with E-state index in [1.165, 1.54) is 6.07 Å². The number of para-hydroxylation sites is 1. The van der Waals surface area contributed by atoms with Crippen LogP contribution in [-0.2, 0) is 6.61 Å². The maximum absolute atomic E-state index is 13.7. The van der Waals surface area contributed by atoms with Crippen molar-refractivity contribution in [1.29, 1.82) is 0 Å². The van der Waals surface area contributed by atoms with Crippen LogP contribution in [0.3, 0.4) is 0 Å². The first-order valence-electron chi connectivity index (χ1n) is 5.51. The van der Waals surface area contributed by atoms with Gasteiger partial charge in [0.15, 0.2) is 5.82 Å². The second kappa shape index (κ2) is 5.78. The molecule has 2 aromatic rings. The Bertz CT molecular complexity index is 545. The molecule has 0 aromatic heterocycles. The molecule has 0 radical (unpaired) electrons. The maximum Gasteiger partial charge on any atom is 0.152 e. The Hall–Kier alpha value is -1.68. The van der Waals surface area contributed by atoms with Crippen molar-refractivity contribution in [2.45, 2.75) is 11.5 Å². The van der Waals surface area contributed by atoms with Crippen molar-refractivity contribution in [2.24, 2.45) is 0 Å². The summed E-state index contributed by atoms with van der Waals surface area (Å²) in [5, 5.41) is 0. The summed E-state index contributed by atoms with van der Waals surface area (Å²) in [6, 6.07) is 12.6. The molecule has 0 bridgehead atoms. The highest BCUT2D eigenvalue weighted by Gasteiger charge is 2.07. The highest BCUT2D eigenvalue weighted by atomic mass is 32.2. The molecule has 0 aliphatic heterocycles. The zero-order valence-electron chi connectivity index (χ0n) is 10.0. The van der Waals surface area contributed by atoms with Crippen LogP contribution in [0.4, 0.5) is 10.1 Å². The van der Waals surface area contributed by atoms with Crippen molar-refractivity contribution in [3.05, 3.63) is 53.8 Å². The molecule has 18 heavy (non-hydrogen) atoms. The van der Waals surface area contributed by atoms with Gasteiger partial charge in [0.05, 0.1) is 5.69 Å². The van der Waals surface area contributed by atoms with Crippen LogP contribution in [0.15, 0.2) is 47.4 Å². The van der Waals surface area contributed by atoms with Crippen LogP contribution in [0.2, 0.25) is 0 Å². The second-order valence-corrected chi connectivity index (χ2v) is 4.61. The number of nitrogens with two attached hydrogens (primary N) is 1. The number of benzene rings is 2. The smallest absolute Gasteiger partial charge is 0.152 e. The third-order valence-corrected chi connectivity index (χ3v) is 3.34. The summed E-state index contributed by atoms with van der Waals surface area (Å²) in [7, 11) is 0. The Labute approximate surface area is 110 Å². The van der Waals surface area contributed by atoms with Crippen LogP contribution in [0, 0.1) is 5.82 Å². The van der Waals surface area contributed by atoms with E-state index in [4.69, 9.17) is 10.5 Å². The number of hydrogen-bond acceptors (Lipinski definition) is 3. The molecule has 2 rings (SSSR count). The lowest BCUT2D eigenvalue weighted by molar-refractivity contribution is 0.293. The van der Waals surface area contributed by atoms with Gasteiger partial charge in [-0.25, -0.2) is 4.39 Å². The SMILES string of the molecule is CSc1ccccc1OCc1cccc(N)c1F. The monoisotopic (exact) mass is 263 g/mol. The van der Waals surface area contributed by atoms with Gasteiger partial charge in [-0.15, -0.1) is 11.8 Å². The summed E-state index contributed by atoms with van der Waals surface area (Å²) >= 11 is 1.59. The average molecular weight is 263 g/mol. The lowest BCUT2D eigenvalue weighted by Crippen LogP contribution is -2.01. The predicted molar refractivity (Wildman–Crippen MR) is 73.4 cm³/mol. The van der Waals surface area contributed by atoms with E-state index in [2.05, 4.69) is 0 Å². The molecule has 0 saturated heterocycles. The van der Waals surface area contributed by atoms with Crippen molar-refractivity contribution >= 4 is 17.4 Å². The Morgan fingerprint density at radius 2 is 1.94 bits per heavy atom. The lowest BCUT2D eigenvalue weighted by Gasteiger charge is -2.10. The van der Waals surface area contributed by atoms with Crippen LogP contribution in [-0.4, -0.2) is 6.26 Å². The van der Waals surface area contributed by atoms with Crippen molar-refractivity contribution in [2.75, 3.05) is 12.0 Å². The van der Waals surface area contributed by atoms with Crippen molar-refractivity contribution < 1.29 is 9.13 Å². The summed E-state index contributed by atoms with van der Waals surface area (Å²) in [6.07, 6.45) is 1.98. The summed E-state index contributed by atoms with van der Waals surface area (Å²) < 4.78 is 19.3. The molecular formula is C14H14FNOS. The van der Waals surface area contributed by atoms with Gasteiger partial charge in [0.25, 0.3) is 0 Å². The van der Waals surface area contributed by atoms with Crippen molar-refractivity contribution in [3.63, 3.8) is 0 Å². The zero-order chi connectivity index (χ0) is 13.0. The van der Waals surface area contributed by atoms with Crippen LogP contribution in [0.25, 0.3) is 0 Å². The van der Waals surface area contributed by atoms with Gasteiger partial charge >= 0.3 is 0 Å². The quantitative estimate of drug-likeness (QED) is 0.674. The van der Waals surface area contributed by atoms with Crippen LogP contribution in [0.1, 0.15) is 5.56 Å². The minimum Gasteiger partial charge on any atom is -0.488 e. The number of anilines is 1. The summed E-state index contributed by atoms with van der Waals surface area (Å²) in [4.78, 5) is 1.03. The third kappa shape index (κ3) is 2.76. The van der Waals surface area contributed by atoms with Gasteiger partial charge in [-0.2, -0.15) is 0 Å². The normalized spacial score (nSPS) is 10.3. The van der Waals surface area contributed by atoms with Gasteiger partial charge in [-0.05, 0) is 24.5 Å². The number of thioether (sulfide) groups is 1. The number of rotatable bonds is 4. The minimum atomic E-state index is -0.404. The molecule has 0 aliphatic rings. The minimum absolute atomic E-state index is 0.147. The molecule has 0 unspecified atom stereocenters. The number of halogens is 1. The third-order valence-electron chi connectivity index (χ3n) is 2.56. The van der Waals surface area contributed by atoms with Gasteiger partial charge in [-0.1, -0.05) is 24.3 Å². The number of hydrogen-bond donors (Lipinski definition) is 1. The van der Waals surface area contributed by atoms with E-state index in [0.29, 0.717) is 5.56 Å². The fourth-order valence-electron chi connectivity index (χ4n) is 1.60. The average Bonchev–Trinajstić information content (AvgIpc) is 2.41. The second-order valence-electron chi connectivity index (χ2n) is 3.76. The Kier molecular flexibility index (Phi) is 4.10. The predicted octanol–water partition coefficient (Wildman–Crippen LogP) is 3.71. The molecule has 0 heterocycles. The Morgan fingerprint density at radius 1 is 1.17 bits per heavy atom. The van der Waals surface area contributed by atoms with Crippen LogP contribution >= 0.6 is 11.8 Å². The Morgan fingerprint density at radius 3 is 2.72 bits per heavy atom. The first-order valence-corrected chi connectivity index (χ1v) is 6.73. The standard InChI is InChI=1S/C14H14FNOS/c1-18-13-8-3-2-7-12(13)17-9-10-5-4-6-11(16)14(10)15/h2-8H,9,16H2,1H3. The molecule has 94 valence electrons. The molecule has 2 aromatic carbocycles. The molecule has 0 saturated carbocycles. The van der Waals surface area contributed by atoms with Crippen LogP contribution in [0.5, 0.6) is 5.75 Å². The van der Waals surface area contributed by atoms with E-state index in [0.717, 1.165) is 10.6 Å². The summed E-state index contributed by atoms with van der Waals surface area (Å²) in [5.41, 5.74) is 6.12. The largest absolute Gasteiger partial charge is 0.488 e. The van der Waals surface area contributed by atoms with E-state index < -0.39 is 5.82 Å². The number of ether oxygens (including phenoxy) is 1. The molecule has 2 N–H and O–H groups in total. The van der Waals surface area contributed by atoms with Crippen LogP contribution < -0.4 is 10.5 Å². The molecule has 0 atom stereocenters. The van der Waals surface area contributed by atoms with E-state index in [9.17, 15) is 4.39 Å². The van der Waals surface area contributed by atoms with Crippen molar-refractivity contribution in [1.82, 2.24) is 0 Å². The molecule has 4 heteroatoms. The molecule has 0 aliphatic carbocycles. The fraction of sp³-hybridized carbons (Fsp3) is 0.143. The molecule has 0 amide bonds. The van der Waals surface area contributed by atoms with Gasteiger partial charge < -0.3 is 10.5 Å². The molecule has 2 nitrogen and oxygen atoms in total. The summed E-state index contributed by atoms with van der Waals surface area (Å²) in [6.45, 7) is 0.175. The van der Waals surface area contributed by atoms with Gasteiger partial charge in [0.1, 0.15) is 12.4 Å². The van der Waals surface area contributed by atoms with Gasteiger partial charge in [-0.3, -0.25) is 0 Å². The highest BCUT2D eigenvalue weighted by molar-refractivity contribution is 7.98. The van der Waals surface area contributed by atoms with Gasteiger partial charge in [0, 0.05) is 10.5 Å².